The summed E-state index contributed by atoms with van der Waals surface area (Å²) in [5.74, 6) is 0.406. The van der Waals surface area contributed by atoms with Crippen molar-refractivity contribution in [3.63, 3.8) is 0 Å². The molecule has 0 heterocycles. The molecule has 0 N–H and O–H groups in total. The summed E-state index contributed by atoms with van der Waals surface area (Å²) < 4.78 is 1.15. The molecular formula is C18H17Br. The fraction of sp³-hybridized carbons (Fsp3) is 0.222. The fourth-order valence-corrected chi connectivity index (χ4v) is 3.30. The van der Waals surface area contributed by atoms with Crippen molar-refractivity contribution in [2.24, 2.45) is 0 Å². The van der Waals surface area contributed by atoms with Gasteiger partial charge in [0.05, 0.1) is 0 Å². The van der Waals surface area contributed by atoms with Gasteiger partial charge in [-0.25, -0.2) is 0 Å². The smallest absolute Gasteiger partial charge is 0.0284 e. The molecule has 0 nitrogen and oxygen atoms in total. The summed E-state index contributed by atoms with van der Waals surface area (Å²) in [5, 5.41) is 0. The van der Waals surface area contributed by atoms with E-state index in [9.17, 15) is 0 Å². The van der Waals surface area contributed by atoms with Crippen molar-refractivity contribution in [2.75, 3.05) is 0 Å². The Kier molecular flexibility index (Phi) is 3.10. The minimum Gasteiger partial charge on any atom is -0.0691 e. The van der Waals surface area contributed by atoms with Gasteiger partial charge in [0.15, 0.2) is 0 Å². The predicted molar refractivity (Wildman–Crippen MR) is 85.6 cm³/mol. The third-order valence-corrected chi connectivity index (χ3v) is 4.67. The number of benzene rings is 2. The predicted octanol–water partition coefficient (Wildman–Crippen LogP) is 5.61. The van der Waals surface area contributed by atoms with Gasteiger partial charge in [0.1, 0.15) is 0 Å². The van der Waals surface area contributed by atoms with Crippen LogP contribution in [0.4, 0.5) is 0 Å². The molecule has 0 radical (unpaired) electrons. The standard InChI is InChI=1S/C18H17Br/c1-11-5-4-6-15(13(11)3)18-9-12(2)17-10-14(19)7-8-16(17)18/h4-10,18H,1-3H3. The normalized spacial score (nSPS) is 17.3. The number of hydrogen-bond acceptors (Lipinski definition) is 0. The first kappa shape index (κ1) is 12.7. The van der Waals surface area contributed by atoms with Gasteiger partial charge >= 0.3 is 0 Å². The lowest BCUT2D eigenvalue weighted by Crippen LogP contribution is -2.00. The first-order chi connectivity index (χ1) is 9.08. The van der Waals surface area contributed by atoms with Crippen LogP contribution in [0.3, 0.4) is 0 Å². The third-order valence-electron chi connectivity index (χ3n) is 4.17. The number of rotatable bonds is 1. The molecule has 2 aromatic rings. The van der Waals surface area contributed by atoms with E-state index in [1.165, 1.54) is 33.4 Å². The summed E-state index contributed by atoms with van der Waals surface area (Å²) in [5.41, 5.74) is 8.39. The van der Waals surface area contributed by atoms with Crippen LogP contribution in [-0.4, -0.2) is 0 Å². The second-order valence-electron chi connectivity index (χ2n) is 5.35. The number of aryl methyl sites for hydroxylation is 1. The minimum atomic E-state index is 0.406. The Hall–Kier alpha value is -1.34. The molecule has 0 bridgehead atoms. The van der Waals surface area contributed by atoms with Crippen molar-refractivity contribution >= 4 is 21.5 Å². The van der Waals surface area contributed by atoms with Crippen LogP contribution < -0.4 is 0 Å². The highest BCUT2D eigenvalue weighted by atomic mass is 79.9. The van der Waals surface area contributed by atoms with E-state index in [-0.39, 0.29) is 0 Å². The molecule has 0 aliphatic heterocycles. The van der Waals surface area contributed by atoms with Crippen LogP contribution in [0.5, 0.6) is 0 Å². The highest BCUT2D eigenvalue weighted by molar-refractivity contribution is 9.10. The van der Waals surface area contributed by atoms with Crippen molar-refractivity contribution in [1.29, 1.82) is 0 Å². The summed E-state index contributed by atoms with van der Waals surface area (Å²) >= 11 is 3.57. The lowest BCUT2D eigenvalue weighted by Gasteiger charge is -2.16. The Balaban J connectivity index is 2.17. The monoisotopic (exact) mass is 312 g/mol. The van der Waals surface area contributed by atoms with Gasteiger partial charge in [-0.1, -0.05) is 46.3 Å². The van der Waals surface area contributed by atoms with E-state index in [1.54, 1.807) is 0 Å². The quantitative estimate of drug-likeness (QED) is 0.641. The fourth-order valence-electron chi connectivity index (χ4n) is 2.94. The molecule has 1 aliphatic carbocycles. The van der Waals surface area contributed by atoms with Crippen LogP contribution >= 0.6 is 15.9 Å². The first-order valence-corrected chi connectivity index (χ1v) is 7.41. The maximum Gasteiger partial charge on any atom is 0.0284 e. The third kappa shape index (κ3) is 2.06. The Labute approximate surface area is 123 Å². The summed E-state index contributed by atoms with van der Waals surface area (Å²) in [7, 11) is 0. The molecule has 0 amide bonds. The van der Waals surface area contributed by atoms with Crippen molar-refractivity contribution in [2.45, 2.75) is 26.7 Å². The number of halogens is 1. The Bertz CT molecular complexity index is 680. The zero-order valence-corrected chi connectivity index (χ0v) is 13.1. The number of hydrogen-bond donors (Lipinski definition) is 0. The lowest BCUT2D eigenvalue weighted by atomic mass is 9.88. The van der Waals surface area contributed by atoms with Crippen LogP contribution in [0, 0.1) is 13.8 Å². The van der Waals surface area contributed by atoms with E-state index in [0.29, 0.717) is 5.92 Å². The average molecular weight is 313 g/mol. The molecule has 0 saturated heterocycles. The molecule has 0 fully saturated rings. The number of fused-ring (bicyclic) bond motifs is 1. The maximum absolute atomic E-state index is 3.57. The van der Waals surface area contributed by atoms with E-state index in [4.69, 9.17) is 0 Å². The van der Waals surface area contributed by atoms with Gasteiger partial charge in [-0.2, -0.15) is 0 Å². The van der Waals surface area contributed by atoms with Crippen LogP contribution in [0.15, 0.2) is 46.9 Å². The van der Waals surface area contributed by atoms with Crippen LogP contribution in [-0.2, 0) is 0 Å². The molecule has 1 unspecified atom stereocenters. The molecule has 2 aromatic carbocycles. The van der Waals surface area contributed by atoms with E-state index < -0.39 is 0 Å². The Morgan fingerprint density at radius 3 is 2.53 bits per heavy atom. The molecule has 1 atom stereocenters. The zero-order chi connectivity index (χ0) is 13.6. The van der Waals surface area contributed by atoms with Crippen molar-refractivity contribution in [1.82, 2.24) is 0 Å². The van der Waals surface area contributed by atoms with E-state index in [2.05, 4.69) is 79.2 Å². The van der Waals surface area contributed by atoms with Crippen molar-refractivity contribution < 1.29 is 0 Å². The van der Waals surface area contributed by atoms with E-state index >= 15 is 0 Å². The Morgan fingerprint density at radius 2 is 1.74 bits per heavy atom. The molecular weight excluding hydrogens is 296 g/mol. The highest BCUT2D eigenvalue weighted by Gasteiger charge is 2.24. The molecule has 1 heteroatoms. The highest BCUT2D eigenvalue weighted by Crippen LogP contribution is 2.42. The van der Waals surface area contributed by atoms with E-state index in [1.807, 2.05) is 0 Å². The van der Waals surface area contributed by atoms with Gasteiger partial charge in [0.25, 0.3) is 0 Å². The van der Waals surface area contributed by atoms with Gasteiger partial charge in [-0.15, -0.1) is 0 Å². The SMILES string of the molecule is CC1=CC(c2cccc(C)c2C)c2ccc(Br)cc21. The summed E-state index contributed by atoms with van der Waals surface area (Å²) in [4.78, 5) is 0. The lowest BCUT2D eigenvalue weighted by molar-refractivity contribution is 1.02. The second-order valence-corrected chi connectivity index (χ2v) is 6.26. The molecule has 19 heavy (non-hydrogen) atoms. The van der Waals surface area contributed by atoms with Crippen LogP contribution in [0.2, 0.25) is 0 Å². The van der Waals surface area contributed by atoms with Crippen molar-refractivity contribution in [3.05, 3.63) is 74.8 Å². The Morgan fingerprint density at radius 1 is 0.947 bits per heavy atom. The largest absolute Gasteiger partial charge is 0.0691 e. The molecule has 0 aromatic heterocycles. The van der Waals surface area contributed by atoms with Gasteiger partial charge in [-0.05, 0) is 66.3 Å². The molecule has 3 rings (SSSR count). The summed E-state index contributed by atoms with van der Waals surface area (Å²) in [6.07, 6.45) is 2.39. The topological polar surface area (TPSA) is 0 Å². The maximum atomic E-state index is 3.57. The molecule has 0 spiro atoms. The van der Waals surface area contributed by atoms with Gasteiger partial charge in [-0.3, -0.25) is 0 Å². The second kappa shape index (κ2) is 4.64. The van der Waals surface area contributed by atoms with Gasteiger partial charge in [0, 0.05) is 10.4 Å². The molecule has 0 saturated carbocycles. The van der Waals surface area contributed by atoms with E-state index in [0.717, 1.165) is 4.47 Å². The summed E-state index contributed by atoms with van der Waals surface area (Å²) in [6.45, 7) is 6.62. The van der Waals surface area contributed by atoms with Gasteiger partial charge in [0.2, 0.25) is 0 Å². The van der Waals surface area contributed by atoms with Gasteiger partial charge < -0.3 is 0 Å². The van der Waals surface area contributed by atoms with Crippen LogP contribution in [0.1, 0.15) is 40.7 Å². The molecule has 96 valence electrons. The minimum absolute atomic E-state index is 0.406. The number of allylic oxidation sites excluding steroid dienone is 2. The van der Waals surface area contributed by atoms with Crippen LogP contribution in [0.25, 0.3) is 5.57 Å². The summed E-state index contributed by atoms with van der Waals surface area (Å²) in [6, 6.07) is 13.2. The first-order valence-electron chi connectivity index (χ1n) is 6.62. The average Bonchev–Trinajstić information content (AvgIpc) is 2.70. The molecule has 1 aliphatic rings. The van der Waals surface area contributed by atoms with Crippen molar-refractivity contribution in [3.8, 4) is 0 Å². The zero-order valence-electron chi connectivity index (χ0n) is 11.5.